The van der Waals surface area contributed by atoms with E-state index in [2.05, 4.69) is 13.8 Å². The molecule has 0 aromatic rings. The lowest BCUT2D eigenvalue weighted by atomic mass is 9.43. The molecule has 0 spiro atoms. The van der Waals surface area contributed by atoms with Crippen LogP contribution < -0.4 is 0 Å². The second kappa shape index (κ2) is 3.48. The third-order valence-corrected chi connectivity index (χ3v) is 5.74. The highest BCUT2D eigenvalue weighted by Gasteiger charge is 2.59. The first-order valence-corrected chi connectivity index (χ1v) is 6.84. The molecule has 4 rings (SSSR count). The van der Waals surface area contributed by atoms with Crippen molar-refractivity contribution in [1.29, 1.82) is 0 Å². The van der Waals surface area contributed by atoms with E-state index in [9.17, 15) is 9.90 Å². The van der Waals surface area contributed by atoms with Crippen molar-refractivity contribution in [3.63, 3.8) is 0 Å². The minimum atomic E-state index is -0.515. The molecule has 0 radical (unpaired) electrons. The monoisotopic (exact) mass is 222 g/mol. The Morgan fingerprint density at radius 2 is 1.50 bits per heavy atom. The van der Waals surface area contributed by atoms with Gasteiger partial charge in [-0.1, -0.05) is 13.8 Å². The minimum absolute atomic E-state index is 0.0275. The van der Waals surface area contributed by atoms with Gasteiger partial charge in [-0.3, -0.25) is 4.79 Å². The number of carbonyl (C=O) groups is 1. The van der Waals surface area contributed by atoms with Gasteiger partial charge in [-0.2, -0.15) is 0 Å². The van der Waals surface area contributed by atoms with E-state index >= 15 is 0 Å². The molecule has 4 aliphatic carbocycles. The molecule has 0 saturated heterocycles. The van der Waals surface area contributed by atoms with E-state index in [0.717, 1.165) is 17.8 Å². The van der Waals surface area contributed by atoms with E-state index in [1.54, 1.807) is 0 Å². The van der Waals surface area contributed by atoms with Gasteiger partial charge < -0.3 is 5.11 Å². The Morgan fingerprint density at radius 1 is 1.00 bits per heavy atom. The Morgan fingerprint density at radius 3 is 2.00 bits per heavy atom. The summed E-state index contributed by atoms with van der Waals surface area (Å²) in [5.74, 6) is 3.35. The lowest BCUT2D eigenvalue weighted by Gasteiger charge is -2.61. The van der Waals surface area contributed by atoms with Crippen LogP contribution in [0.25, 0.3) is 0 Å². The van der Waals surface area contributed by atoms with Gasteiger partial charge in [-0.25, -0.2) is 0 Å². The Bertz CT molecular complexity index is 310. The third kappa shape index (κ3) is 1.22. The van der Waals surface area contributed by atoms with Crippen LogP contribution in [0.3, 0.4) is 0 Å². The maximum absolute atomic E-state index is 11.5. The molecule has 4 saturated carbocycles. The smallest absolute Gasteiger partial charge is 0.307 e. The van der Waals surface area contributed by atoms with Crippen molar-refractivity contribution in [1.82, 2.24) is 0 Å². The van der Waals surface area contributed by atoms with Gasteiger partial charge in [0.15, 0.2) is 0 Å². The van der Waals surface area contributed by atoms with Gasteiger partial charge in [0, 0.05) is 0 Å². The molecule has 4 fully saturated rings. The van der Waals surface area contributed by atoms with E-state index in [1.165, 1.54) is 25.7 Å². The topological polar surface area (TPSA) is 37.3 Å². The van der Waals surface area contributed by atoms with E-state index in [0.29, 0.717) is 17.8 Å². The summed E-state index contributed by atoms with van der Waals surface area (Å²) >= 11 is 0. The number of hydrogen-bond acceptors (Lipinski definition) is 1. The van der Waals surface area contributed by atoms with Gasteiger partial charge in [-0.15, -0.1) is 0 Å². The Hall–Kier alpha value is -0.530. The molecule has 6 atom stereocenters. The molecule has 1 N–H and O–H groups in total. The summed E-state index contributed by atoms with van der Waals surface area (Å²) in [5, 5.41) is 9.51. The quantitative estimate of drug-likeness (QED) is 0.779. The number of carboxylic acid groups (broad SMARTS) is 1. The first-order valence-electron chi connectivity index (χ1n) is 6.84. The number of aliphatic carboxylic acids is 1. The van der Waals surface area contributed by atoms with Crippen molar-refractivity contribution < 1.29 is 9.90 Å². The SMILES string of the molecule is CC(C)C1C2CCC(C3CCC32)C1C(=O)O. The molecule has 6 unspecified atom stereocenters. The second-order valence-electron chi connectivity index (χ2n) is 6.50. The Kier molecular flexibility index (Phi) is 2.31. The van der Waals surface area contributed by atoms with Crippen LogP contribution in [-0.2, 0) is 4.79 Å². The maximum atomic E-state index is 11.5. The van der Waals surface area contributed by atoms with E-state index < -0.39 is 5.97 Å². The highest BCUT2D eigenvalue weighted by molar-refractivity contribution is 5.71. The van der Waals surface area contributed by atoms with Gasteiger partial charge in [0.25, 0.3) is 0 Å². The van der Waals surface area contributed by atoms with Crippen molar-refractivity contribution in [3.05, 3.63) is 0 Å². The van der Waals surface area contributed by atoms with Crippen LogP contribution >= 0.6 is 0 Å². The Balaban J connectivity index is 1.94. The number of carboxylic acids is 1. The van der Waals surface area contributed by atoms with E-state index in [-0.39, 0.29) is 5.92 Å². The second-order valence-corrected chi connectivity index (χ2v) is 6.50. The molecular formula is C14H22O2. The van der Waals surface area contributed by atoms with Crippen LogP contribution in [0.1, 0.15) is 39.5 Å². The molecule has 16 heavy (non-hydrogen) atoms. The molecular weight excluding hydrogens is 200 g/mol. The average molecular weight is 222 g/mol. The largest absolute Gasteiger partial charge is 0.481 e. The molecule has 0 aliphatic heterocycles. The van der Waals surface area contributed by atoms with Crippen molar-refractivity contribution in [2.75, 3.05) is 0 Å². The zero-order valence-corrected chi connectivity index (χ0v) is 10.2. The summed E-state index contributed by atoms with van der Waals surface area (Å²) in [6.45, 7) is 4.43. The predicted octanol–water partition coefficient (Wildman–Crippen LogP) is 3.03. The van der Waals surface area contributed by atoms with Crippen LogP contribution in [0.5, 0.6) is 0 Å². The zero-order chi connectivity index (χ0) is 11.4. The van der Waals surface area contributed by atoms with Gasteiger partial charge in [0.05, 0.1) is 5.92 Å². The summed E-state index contributed by atoms with van der Waals surface area (Å²) in [5.41, 5.74) is 0. The fourth-order valence-corrected chi connectivity index (χ4v) is 5.16. The van der Waals surface area contributed by atoms with Crippen LogP contribution in [0.15, 0.2) is 0 Å². The lowest BCUT2D eigenvalue weighted by molar-refractivity contribution is -0.176. The lowest BCUT2D eigenvalue weighted by Crippen LogP contribution is -2.58. The van der Waals surface area contributed by atoms with Gasteiger partial charge in [0.1, 0.15) is 0 Å². The maximum Gasteiger partial charge on any atom is 0.307 e. The predicted molar refractivity (Wildman–Crippen MR) is 61.9 cm³/mol. The number of hydrogen-bond donors (Lipinski definition) is 1. The summed E-state index contributed by atoms with van der Waals surface area (Å²) in [4.78, 5) is 11.5. The molecule has 0 amide bonds. The van der Waals surface area contributed by atoms with Gasteiger partial charge in [0.2, 0.25) is 0 Å². The van der Waals surface area contributed by atoms with Crippen molar-refractivity contribution >= 4 is 5.97 Å². The van der Waals surface area contributed by atoms with Crippen LogP contribution in [0.2, 0.25) is 0 Å². The van der Waals surface area contributed by atoms with Crippen LogP contribution in [-0.4, -0.2) is 11.1 Å². The van der Waals surface area contributed by atoms with Gasteiger partial charge >= 0.3 is 5.97 Å². The highest BCUT2D eigenvalue weighted by atomic mass is 16.4. The van der Waals surface area contributed by atoms with Crippen molar-refractivity contribution in [2.24, 2.45) is 41.4 Å². The van der Waals surface area contributed by atoms with Gasteiger partial charge in [-0.05, 0) is 61.2 Å². The van der Waals surface area contributed by atoms with Crippen molar-refractivity contribution in [3.8, 4) is 0 Å². The summed E-state index contributed by atoms with van der Waals surface area (Å²) in [6.07, 6.45) is 5.17. The molecule has 2 bridgehead atoms. The van der Waals surface area contributed by atoms with Crippen LogP contribution in [0.4, 0.5) is 0 Å². The standard InChI is InChI=1S/C14H22O2/c1-7(2)12-10-5-6-11(13(12)14(15)16)9-4-3-8(9)10/h7-13H,3-6H2,1-2H3,(H,15,16). The van der Waals surface area contributed by atoms with Crippen molar-refractivity contribution in [2.45, 2.75) is 39.5 Å². The fraction of sp³-hybridized carbons (Fsp3) is 0.929. The average Bonchev–Trinajstić information content (AvgIpc) is 2.15. The van der Waals surface area contributed by atoms with E-state index in [1.807, 2.05) is 0 Å². The molecule has 90 valence electrons. The normalized spacial score (nSPS) is 49.9. The molecule has 0 aromatic heterocycles. The summed E-state index contributed by atoms with van der Waals surface area (Å²) in [6, 6.07) is 0. The third-order valence-electron chi connectivity index (χ3n) is 5.74. The molecule has 2 nitrogen and oxygen atoms in total. The van der Waals surface area contributed by atoms with Crippen LogP contribution in [0, 0.1) is 41.4 Å². The first-order chi connectivity index (χ1) is 7.61. The molecule has 2 heteroatoms. The Labute approximate surface area is 97.4 Å². The zero-order valence-electron chi connectivity index (χ0n) is 10.2. The molecule has 4 aliphatic rings. The summed E-state index contributed by atoms with van der Waals surface area (Å²) < 4.78 is 0. The summed E-state index contributed by atoms with van der Waals surface area (Å²) in [7, 11) is 0. The number of fused-ring (bicyclic) bond motifs is 2. The fourth-order valence-electron chi connectivity index (χ4n) is 5.16. The molecule has 0 aromatic carbocycles. The minimum Gasteiger partial charge on any atom is -0.481 e. The van der Waals surface area contributed by atoms with E-state index in [4.69, 9.17) is 0 Å². The highest BCUT2D eigenvalue weighted by Crippen LogP contribution is 2.63. The number of rotatable bonds is 2. The molecule has 0 heterocycles. The first kappa shape index (κ1) is 10.6.